The van der Waals surface area contributed by atoms with Gasteiger partial charge < -0.3 is 14.6 Å². The highest BCUT2D eigenvalue weighted by Gasteiger charge is 2.18. The summed E-state index contributed by atoms with van der Waals surface area (Å²) in [5, 5.41) is 7.04. The summed E-state index contributed by atoms with van der Waals surface area (Å²) < 4.78 is 10.8. The zero-order chi connectivity index (χ0) is 11.0. The summed E-state index contributed by atoms with van der Waals surface area (Å²) in [6, 6.07) is 5.83. The maximum Gasteiger partial charge on any atom is 0.261 e. The number of aryl methyl sites for hydroxylation is 1. The summed E-state index contributed by atoms with van der Waals surface area (Å²) in [5.74, 6) is 1.91. The molecule has 0 amide bonds. The SMILES string of the molecule is Cc1noc(-c2cccc3c2OCCN3)n1. The molecule has 0 radical (unpaired) electrons. The van der Waals surface area contributed by atoms with Crippen molar-refractivity contribution in [3.63, 3.8) is 0 Å². The predicted octanol–water partition coefficient (Wildman–Crippen LogP) is 1.85. The highest BCUT2D eigenvalue weighted by Crippen LogP contribution is 2.37. The van der Waals surface area contributed by atoms with Gasteiger partial charge in [-0.05, 0) is 19.1 Å². The number of nitrogens with zero attached hydrogens (tertiary/aromatic N) is 2. The molecule has 5 heteroatoms. The summed E-state index contributed by atoms with van der Waals surface area (Å²) >= 11 is 0. The van der Waals surface area contributed by atoms with E-state index in [4.69, 9.17) is 9.26 Å². The molecule has 1 aliphatic heterocycles. The molecule has 0 spiro atoms. The van der Waals surface area contributed by atoms with E-state index in [1.807, 2.05) is 18.2 Å². The summed E-state index contributed by atoms with van der Waals surface area (Å²) in [4.78, 5) is 4.20. The summed E-state index contributed by atoms with van der Waals surface area (Å²) in [6.07, 6.45) is 0. The fourth-order valence-corrected chi connectivity index (χ4v) is 1.75. The van der Waals surface area contributed by atoms with Gasteiger partial charge in [-0.15, -0.1) is 0 Å². The second kappa shape index (κ2) is 3.52. The molecule has 5 nitrogen and oxygen atoms in total. The smallest absolute Gasteiger partial charge is 0.261 e. The van der Waals surface area contributed by atoms with Crippen LogP contribution < -0.4 is 10.1 Å². The van der Waals surface area contributed by atoms with Crippen LogP contribution in [0.25, 0.3) is 11.5 Å². The Balaban J connectivity index is 2.13. The number of hydrogen-bond acceptors (Lipinski definition) is 5. The first-order valence-electron chi connectivity index (χ1n) is 5.15. The first-order valence-corrected chi connectivity index (χ1v) is 5.15. The van der Waals surface area contributed by atoms with Gasteiger partial charge in [0, 0.05) is 6.54 Å². The molecule has 0 bridgehead atoms. The number of nitrogens with one attached hydrogen (secondary N) is 1. The zero-order valence-electron chi connectivity index (χ0n) is 8.86. The number of hydrogen-bond donors (Lipinski definition) is 1. The number of benzene rings is 1. The first-order chi connectivity index (χ1) is 7.84. The molecule has 3 rings (SSSR count). The molecule has 0 atom stereocenters. The maximum atomic E-state index is 5.63. The number of anilines is 1. The normalized spacial score (nSPS) is 13.8. The second-order valence-corrected chi connectivity index (χ2v) is 3.60. The lowest BCUT2D eigenvalue weighted by atomic mass is 10.1. The minimum atomic E-state index is 0.498. The third-order valence-corrected chi connectivity index (χ3v) is 2.44. The van der Waals surface area contributed by atoms with Crippen molar-refractivity contribution in [1.29, 1.82) is 0 Å². The minimum Gasteiger partial charge on any atom is -0.489 e. The molecule has 0 saturated carbocycles. The predicted molar refractivity (Wildman–Crippen MR) is 58.5 cm³/mol. The van der Waals surface area contributed by atoms with E-state index in [-0.39, 0.29) is 0 Å². The summed E-state index contributed by atoms with van der Waals surface area (Å²) in [7, 11) is 0. The van der Waals surface area contributed by atoms with Crippen LogP contribution in [0.3, 0.4) is 0 Å². The highest BCUT2D eigenvalue weighted by atomic mass is 16.5. The molecule has 1 aliphatic rings. The van der Waals surface area contributed by atoms with E-state index in [9.17, 15) is 0 Å². The van der Waals surface area contributed by atoms with Gasteiger partial charge in [0.15, 0.2) is 11.6 Å². The van der Waals surface area contributed by atoms with Crippen LogP contribution in [-0.2, 0) is 0 Å². The Morgan fingerprint density at radius 2 is 2.31 bits per heavy atom. The molecule has 0 saturated heterocycles. The molecule has 16 heavy (non-hydrogen) atoms. The van der Waals surface area contributed by atoms with Crippen molar-refractivity contribution < 1.29 is 9.26 Å². The fraction of sp³-hybridized carbons (Fsp3) is 0.273. The molecule has 0 unspecified atom stereocenters. The van der Waals surface area contributed by atoms with Gasteiger partial charge in [-0.2, -0.15) is 4.98 Å². The van der Waals surface area contributed by atoms with E-state index < -0.39 is 0 Å². The third kappa shape index (κ3) is 1.41. The molecule has 1 aromatic heterocycles. The number of ether oxygens (including phenoxy) is 1. The van der Waals surface area contributed by atoms with E-state index in [1.54, 1.807) is 6.92 Å². The monoisotopic (exact) mass is 217 g/mol. The van der Waals surface area contributed by atoms with E-state index in [0.717, 1.165) is 23.5 Å². The quantitative estimate of drug-likeness (QED) is 0.789. The van der Waals surface area contributed by atoms with Crippen molar-refractivity contribution >= 4 is 5.69 Å². The second-order valence-electron chi connectivity index (χ2n) is 3.60. The average molecular weight is 217 g/mol. The van der Waals surface area contributed by atoms with Crippen LogP contribution in [0, 0.1) is 6.92 Å². The van der Waals surface area contributed by atoms with Gasteiger partial charge in [-0.3, -0.25) is 0 Å². The van der Waals surface area contributed by atoms with Crippen LogP contribution in [0.15, 0.2) is 22.7 Å². The Morgan fingerprint density at radius 3 is 3.12 bits per heavy atom. The van der Waals surface area contributed by atoms with Crippen LogP contribution in [0.4, 0.5) is 5.69 Å². The van der Waals surface area contributed by atoms with Crippen molar-refractivity contribution in [1.82, 2.24) is 10.1 Å². The van der Waals surface area contributed by atoms with Crippen molar-refractivity contribution in [3.8, 4) is 17.2 Å². The molecular weight excluding hydrogens is 206 g/mol. The standard InChI is InChI=1S/C11H11N3O2/c1-7-13-11(16-14-7)8-3-2-4-9-10(8)15-6-5-12-9/h2-4,12H,5-6H2,1H3. The largest absolute Gasteiger partial charge is 0.489 e. The number of para-hydroxylation sites is 1. The summed E-state index contributed by atoms with van der Waals surface area (Å²) in [5.41, 5.74) is 1.81. The van der Waals surface area contributed by atoms with Crippen LogP contribution >= 0.6 is 0 Å². The molecule has 0 fully saturated rings. The van der Waals surface area contributed by atoms with Gasteiger partial charge in [0.05, 0.1) is 11.3 Å². The van der Waals surface area contributed by atoms with Gasteiger partial charge in [0.1, 0.15) is 6.61 Å². The minimum absolute atomic E-state index is 0.498. The lowest BCUT2D eigenvalue weighted by molar-refractivity contribution is 0.322. The molecular formula is C11H11N3O2. The van der Waals surface area contributed by atoms with E-state index in [0.29, 0.717) is 18.3 Å². The molecule has 2 aromatic rings. The topological polar surface area (TPSA) is 60.2 Å². The summed E-state index contributed by atoms with van der Waals surface area (Å²) in [6.45, 7) is 3.26. The molecule has 82 valence electrons. The fourth-order valence-electron chi connectivity index (χ4n) is 1.75. The molecule has 2 heterocycles. The van der Waals surface area contributed by atoms with Gasteiger partial charge in [-0.1, -0.05) is 11.2 Å². The Labute approximate surface area is 92.4 Å². The Hall–Kier alpha value is -2.04. The van der Waals surface area contributed by atoms with E-state index in [2.05, 4.69) is 15.5 Å². The molecule has 1 N–H and O–H groups in total. The van der Waals surface area contributed by atoms with Crippen molar-refractivity contribution in [2.24, 2.45) is 0 Å². The van der Waals surface area contributed by atoms with Crippen LogP contribution in [0.1, 0.15) is 5.82 Å². The van der Waals surface area contributed by atoms with E-state index in [1.165, 1.54) is 0 Å². The Kier molecular flexibility index (Phi) is 2.02. The van der Waals surface area contributed by atoms with E-state index >= 15 is 0 Å². The van der Waals surface area contributed by atoms with Gasteiger partial charge in [-0.25, -0.2) is 0 Å². The first kappa shape index (κ1) is 9.21. The highest BCUT2D eigenvalue weighted by molar-refractivity contribution is 5.74. The Morgan fingerprint density at radius 1 is 1.38 bits per heavy atom. The van der Waals surface area contributed by atoms with Gasteiger partial charge in [0.25, 0.3) is 5.89 Å². The van der Waals surface area contributed by atoms with Crippen LogP contribution in [0.2, 0.25) is 0 Å². The lowest BCUT2D eigenvalue weighted by Crippen LogP contribution is -2.18. The molecule has 0 aliphatic carbocycles. The lowest BCUT2D eigenvalue weighted by Gasteiger charge is -2.20. The van der Waals surface area contributed by atoms with Crippen LogP contribution in [0.5, 0.6) is 5.75 Å². The van der Waals surface area contributed by atoms with Crippen molar-refractivity contribution in [2.75, 3.05) is 18.5 Å². The van der Waals surface area contributed by atoms with Crippen LogP contribution in [-0.4, -0.2) is 23.3 Å². The third-order valence-electron chi connectivity index (χ3n) is 2.44. The number of fused-ring (bicyclic) bond motifs is 1. The van der Waals surface area contributed by atoms with Crippen molar-refractivity contribution in [3.05, 3.63) is 24.0 Å². The number of rotatable bonds is 1. The van der Waals surface area contributed by atoms with Gasteiger partial charge >= 0.3 is 0 Å². The average Bonchev–Trinajstić information content (AvgIpc) is 2.75. The molecule has 1 aromatic carbocycles. The maximum absolute atomic E-state index is 5.63. The van der Waals surface area contributed by atoms with Crippen molar-refractivity contribution in [2.45, 2.75) is 6.92 Å². The Bertz CT molecular complexity index is 522. The van der Waals surface area contributed by atoms with Gasteiger partial charge in [0.2, 0.25) is 0 Å². The zero-order valence-corrected chi connectivity index (χ0v) is 8.86. The number of aromatic nitrogens is 2.